The van der Waals surface area contributed by atoms with Crippen LogP contribution in [0.25, 0.3) is 6.08 Å². The molecule has 0 radical (unpaired) electrons. The molecule has 27 heavy (non-hydrogen) atoms. The Labute approximate surface area is 153 Å². The molecular formula is C19H14F2N2O4. The molecule has 2 rings (SSSR count). The van der Waals surface area contributed by atoms with E-state index in [2.05, 4.69) is 5.32 Å². The predicted molar refractivity (Wildman–Crippen MR) is 92.5 cm³/mol. The predicted octanol–water partition coefficient (Wildman–Crippen LogP) is 3.06. The minimum atomic E-state index is -1.02. The van der Waals surface area contributed by atoms with Crippen LogP contribution >= 0.6 is 0 Å². The van der Waals surface area contributed by atoms with Gasteiger partial charge in [0.2, 0.25) is 0 Å². The molecule has 0 heterocycles. The number of anilines is 1. The summed E-state index contributed by atoms with van der Waals surface area (Å²) in [7, 11) is 1.48. The minimum absolute atomic E-state index is 0.259. The smallest absolute Gasteiger partial charge is 0.349 e. The summed E-state index contributed by atoms with van der Waals surface area (Å²) in [5, 5.41) is 11.2. The lowest BCUT2D eigenvalue weighted by molar-refractivity contribution is -0.142. The Kier molecular flexibility index (Phi) is 6.61. The Morgan fingerprint density at radius 3 is 2.67 bits per heavy atom. The Morgan fingerprint density at radius 1 is 1.22 bits per heavy atom. The summed E-state index contributed by atoms with van der Waals surface area (Å²) in [6.45, 7) is -0.743. The van der Waals surface area contributed by atoms with Gasteiger partial charge < -0.3 is 14.8 Å². The van der Waals surface area contributed by atoms with Crippen LogP contribution in [0.15, 0.2) is 48.0 Å². The first-order chi connectivity index (χ1) is 12.9. The van der Waals surface area contributed by atoms with E-state index in [1.807, 2.05) is 0 Å². The fourth-order valence-corrected chi connectivity index (χ4v) is 2.02. The van der Waals surface area contributed by atoms with Crippen LogP contribution in [0.4, 0.5) is 14.5 Å². The highest BCUT2D eigenvalue weighted by Crippen LogP contribution is 2.16. The zero-order valence-electron chi connectivity index (χ0n) is 14.2. The molecule has 0 aliphatic rings. The molecule has 0 saturated heterocycles. The Hall–Kier alpha value is -3.73. The maximum absolute atomic E-state index is 13.5. The number of nitrogens with one attached hydrogen (secondary N) is 1. The Balaban J connectivity index is 1.99. The first-order valence-corrected chi connectivity index (χ1v) is 7.61. The molecular weight excluding hydrogens is 358 g/mol. The fourth-order valence-electron chi connectivity index (χ4n) is 2.02. The molecule has 6 nitrogen and oxygen atoms in total. The zero-order valence-corrected chi connectivity index (χ0v) is 14.2. The average molecular weight is 372 g/mol. The zero-order chi connectivity index (χ0) is 19.8. The van der Waals surface area contributed by atoms with E-state index < -0.39 is 30.1 Å². The lowest BCUT2D eigenvalue weighted by Gasteiger charge is -2.07. The summed E-state index contributed by atoms with van der Waals surface area (Å²) in [5.74, 6) is -3.08. The third-order valence-corrected chi connectivity index (χ3v) is 3.28. The van der Waals surface area contributed by atoms with E-state index in [9.17, 15) is 18.4 Å². The number of ether oxygens (including phenoxy) is 2. The molecule has 2 aromatic carbocycles. The van der Waals surface area contributed by atoms with Gasteiger partial charge in [0.25, 0.3) is 5.91 Å². The lowest BCUT2D eigenvalue weighted by Crippen LogP contribution is -2.22. The third-order valence-electron chi connectivity index (χ3n) is 3.28. The van der Waals surface area contributed by atoms with E-state index in [1.54, 1.807) is 30.3 Å². The molecule has 0 spiro atoms. The second-order valence-corrected chi connectivity index (χ2v) is 5.19. The topological polar surface area (TPSA) is 88.4 Å². The van der Waals surface area contributed by atoms with Crippen molar-refractivity contribution in [2.24, 2.45) is 0 Å². The van der Waals surface area contributed by atoms with Gasteiger partial charge in [0.15, 0.2) is 6.61 Å². The van der Waals surface area contributed by atoms with Crippen LogP contribution < -0.4 is 10.1 Å². The molecule has 0 saturated carbocycles. The van der Waals surface area contributed by atoms with E-state index in [0.29, 0.717) is 17.4 Å². The van der Waals surface area contributed by atoms with Gasteiger partial charge >= 0.3 is 5.97 Å². The number of hydrogen-bond acceptors (Lipinski definition) is 5. The van der Waals surface area contributed by atoms with Crippen molar-refractivity contribution in [1.29, 1.82) is 5.26 Å². The van der Waals surface area contributed by atoms with Crippen molar-refractivity contribution in [1.82, 2.24) is 0 Å². The third kappa shape index (κ3) is 5.64. The van der Waals surface area contributed by atoms with Crippen molar-refractivity contribution in [3.63, 3.8) is 0 Å². The number of carbonyl (C=O) groups is 2. The molecule has 0 bridgehead atoms. The van der Waals surface area contributed by atoms with Gasteiger partial charge in [-0.3, -0.25) is 4.79 Å². The van der Waals surface area contributed by atoms with Gasteiger partial charge in [-0.2, -0.15) is 5.26 Å². The van der Waals surface area contributed by atoms with E-state index in [4.69, 9.17) is 14.7 Å². The average Bonchev–Trinajstić information content (AvgIpc) is 2.66. The molecule has 0 aliphatic carbocycles. The van der Waals surface area contributed by atoms with Gasteiger partial charge in [-0.05, 0) is 35.9 Å². The normalized spacial score (nSPS) is 10.7. The second-order valence-electron chi connectivity index (χ2n) is 5.19. The maximum Gasteiger partial charge on any atom is 0.349 e. The van der Waals surface area contributed by atoms with Gasteiger partial charge in [-0.15, -0.1) is 0 Å². The van der Waals surface area contributed by atoms with E-state index in [1.165, 1.54) is 13.2 Å². The molecule has 0 fully saturated rings. The second kappa shape index (κ2) is 9.10. The van der Waals surface area contributed by atoms with Gasteiger partial charge in [-0.25, -0.2) is 13.6 Å². The number of nitrogens with zero attached hydrogens (tertiary/aromatic N) is 1. The number of benzene rings is 2. The molecule has 138 valence electrons. The number of nitriles is 1. The number of halogens is 2. The molecule has 0 aliphatic heterocycles. The number of amides is 1. The van der Waals surface area contributed by atoms with Crippen LogP contribution in [0.5, 0.6) is 5.75 Å². The van der Waals surface area contributed by atoms with Crippen LogP contribution in [0.3, 0.4) is 0 Å². The van der Waals surface area contributed by atoms with Crippen molar-refractivity contribution in [2.75, 3.05) is 19.0 Å². The molecule has 0 atom stereocenters. The van der Waals surface area contributed by atoms with Crippen LogP contribution in [0.2, 0.25) is 0 Å². The Bertz CT molecular complexity index is 936. The van der Waals surface area contributed by atoms with Gasteiger partial charge in [-0.1, -0.05) is 12.1 Å². The van der Waals surface area contributed by atoms with Crippen LogP contribution in [0, 0.1) is 23.0 Å². The molecule has 1 amide bonds. The number of carbonyl (C=O) groups excluding carboxylic acids is 2. The van der Waals surface area contributed by atoms with Gasteiger partial charge in [0.05, 0.1) is 12.8 Å². The highest BCUT2D eigenvalue weighted by molar-refractivity contribution is 6.00. The van der Waals surface area contributed by atoms with E-state index in [0.717, 1.165) is 12.1 Å². The largest absolute Gasteiger partial charge is 0.497 e. The minimum Gasteiger partial charge on any atom is -0.497 e. The molecule has 0 unspecified atom stereocenters. The number of esters is 1. The van der Waals surface area contributed by atoms with Crippen molar-refractivity contribution < 1.29 is 27.8 Å². The van der Waals surface area contributed by atoms with Crippen LogP contribution in [-0.2, 0) is 14.3 Å². The number of methoxy groups -OCH3 is 1. The summed E-state index contributed by atoms with van der Waals surface area (Å²) < 4.78 is 36.1. The summed E-state index contributed by atoms with van der Waals surface area (Å²) in [5.41, 5.74) is -0.0606. The summed E-state index contributed by atoms with van der Waals surface area (Å²) in [6, 6.07) is 10.9. The summed E-state index contributed by atoms with van der Waals surface area (Å²) >= 11 is 0. The van der Waals surface area contributed by atoms with Crippen molar-refractivity contribution in [3.05, 3.63) is 65.2 Å². The molecule has 1 N–H and O–H groups in total. The monoisotopic (exact) mass is 372 g/mol. The van der Waals surface area contributed by atoms with Crippen molar-refractivity contribution in [3.8, 4) is 11.8 Å². The van der Waals surface area contributed by atoms with Gasteiger partial charge in [0.1, 0.15) is 29.0 Å². The highest BCUT2D eigenvalue weighted by atomic mass is 19.1. The van der Waals surface area contributed by atoms with Crippen LogP contribution in [-0.4, -0.2) is 25.6 Å². The van der Waals surface area contributed by atoms with E-state index >= 15 is 0 Å². The first-order valence-electron chi connectivity index (χ1n) is 7.61. The number of hydrogen-bond donors (Lipinski definition) is 1. The van der Waals surface area contributed by atoms with Gasteiger partial charge in [0, 0.05) is 6.07 Å². The van der Waals surface area contributed by atoms with Crippen LogP contribution in [0.1, 0.15) is 5.56 Å². The molecule has 8 heteroatoms. The highest BCUT2D eigenvalue weighted by Gasteiger charge is 2.14. The molecule has 2 aromatic rings. The number of rotatable bonds is 6. The standard InChI is InChI=1S/C19H14F2N2O4/c1-26-15-4-2-3-12(8-15)7-13(10-22)19(25)27-11-18(24)23-17-6-5-14(20)9-16(17)21/h2-9H,11H2,1H3,(H,23,24)/b13-7+. The SMILES string of the molecule is COc1cccc(/C=C(\C#N)C(=O)OCC(=O)Nc2ccc(F)cc2F)c1. The lowest BCUT2D eigenvalue weighted by atomic mass is 10.1. The maximum atomic E-state index is 13.5. The quantitative estimate of drug-likeness (QED) is 0.478. The van der Waals surface area contributed by atoms with Crippen molar-refractivity contribution in [2.45, 2.75) is 0 Å². The summed E-state index contributed by atoms with van der Waals surface area (Å²) in [4.78, 5) is 23.7. The Morgan fingerprint density at radius 2 is 2.00 bits per heavy atom. The summed E-state index contributed by atoms with van der Waals surface area (Å²) in [6.07, 6.45) is 1.28. The van der Waals surface area contributed by atoms with Crippen molar-refractivity contribution >= 4 is 23.6 Å². The first kappa shape index (κ1) is 19.6. The fraction of sp³-hybridized carbons (Fsp3) is 0.105. The van der Waals surface area contributed by atoms with E-state index in [-0.39, 0.29) is 11.3 Å². The molecule has 0 aromatic heterocycles.